The highest BCUT2D eigenvalue weighted by Crippen LogP contribution is 2.50. The quantitative estimate of drug-likeness (QED) is 0.827. The van der Waals surface area contributed by atoms with E-state index < -0.39 is 15.9 Å². The van der Waals surface area contributed by atoms with E-state index in [1.165, 1.54) is 17.5 Å². The van der Waals surface area contributed by atoms with Crippen LogP contribution in [0.4, 0.5) is 5.69 Å². The van der Waals surface area contributed by atoms with Crippen molar-refractivity contribution in [3.05, 3.63) is 76.3 Å². The van der Waals surface area contributed by atoms with Crippen LogP contribution < -0.4 is 10.0 Å². The summed E-state index contributed by atoms with van der Waals surface area (Å²) in [5.74, 6) is -0.822. The van der Waals surface area contributed by atoms with Gasteiger partial charge in [0.2, 0.25) is 5.88 Å². The number of anilines is 1. The number of ether oxygens (including phenoxy) is 1. The number of nitriles is 1. The monoisotopic (exact) mass is 366 g/mol. The van der Waals surface area contributed by atoms with Crippen LogP contribution >= 0.6 is 0 Å². The zero-order valence-corrected chi connectivity index (χ0v) is 14.6. The lowest BCUT2D eigenvalue weighted by Crippen LogP contribution is -2.37. The van der Waals surface area contributed by atoms with Gasteiger partial charge in [-0.1, -0.05) is 18.2 Å². The Balaban J connectivity index is 2.09. The number of allylic oxidation sites excluding steroid dienone is 2. The first-order valence-electron chi connectivity index (χ1n) is 7.77. The lowest BCUT2D eigenvalue weighted by molar-refractivity contribution is 0.357. The molecule has 0 unspecified atom stereocenters. The fraction of sp³-hybridized carbons (Fsp3) is 0.111. The number of hydrogen-bond donors (Lipinski definition) is 1. The first kappa shape index (κ1) is 16.2. The topological polar surface area (TPSA) is 109 Å². The summed E-state index contributed by atoms with van der Waals surface area (Å²) in [6.45, 7) is 0. The third kappa shape index (κ3) is 2.11. The number of sulfonamides is 1. The normalized spacial score (nSPS) is 20.8. The van der Waals surface area contributed by atoms with Gasteiger partial charge < -0.3 is 10.5 Å². The van der Waals surface area contributed by atoms with Gasteiger partial charge in [0.1, 0.15) is 16.5 Å². The third-order valence-corrected chi connectivity index (χ3v) is 6.41. The molecule has 2 aliphatic heterocycles. The Bertz CT molecular complexity index is 1110. The predicted molar refractivity (Wildman–Crippen MR) is 95.6 cm³/mol. The van der Waals surface area contributed by atoms with Crippen LogP contribution in [-0.4, -0.2) is 20.4 Å². The van der Waals surface area contributed by atoms with Gasteiger partial charge in [-0.25, -0.2) is 8.42 Å². The highest BCUT2D eigenvalue weighted by Gasteiger charge is 2.46. The molecular weight excluding hydrogens is 352 g/mol. The summed E-state index contributed by atoms with van der Waals surface area (Å²) in [7, 11) is -2.44. The Morgan fingerprint density at radius 3 is 2.73 bits per heavy atom. The Labute approximate surface area is 150 Å². The van der Waals surface area contributed by atoms with Gasteiger partial charge in [0.15, 0.2) is 5.76 Å². The van der Waals surface area contributed by atoms with Crippen LogP contribution in [0.2, 0.25) is 0 Å². The van der Waals surface area contributed by atoms with Crippen molar-refractivity contribution in [2.45, 2.75) is 5.92 Å². The zero-order valence-electron chi connectivity index (χ0n) is 13.7. The number of rotatable bonds is 1. The van der Waals surface area contributed by atoms with Gasteiger partial charge in [0.05, 0.1) is 11.6 Å². The van der Waals surface area contributed by atoms with Crippen LogP contribution in [0.1, 0.15) is 17.0 Å². The number of hydrogen-bond acceptors (Lipinski definition) is 6. The van der Waals surface area contributed by atoms with E-state index in [1.807, 2.05) is 6.07 Å². The molecule has 0 saturated carbocycles. The van der Waals surface area contributed by atoms with Crippen molar-refractivity contribution in [1.29, 1.82) is 5.26 Å². The average molecular weight is 366 g/mol. The maximum absolute atomic E-state index is 13.3. The van der Waals surface area contributed by atoms with Gasteiger partial charge in [-0.05, 0) is 23.8 Å². The van der Waals surface area contributed by atoms with Crippen LogP contribution in [-0.2, 0) is 14.8 Å². The van der Waals surface area contributed by atoms with Crippen molar-refractivity contribution in [2.75, 3.05) is 11.4 Å². The molecule has 0 radical (unpaired) electrons. The molecule has 7 nitrogen and oxygen atoms in total. The number of para-hydroxylation sites is 1. The van der Waals surface area contributed by atoms with E-state index in [0.717, 1.165) is 0 Å². The molecule has 0 bridgehead atoms. The molecule has 0 spiro atoms. The molecule has 0 amide bonds. The molecular formula is C18H14N4O3S. The largest absolute Gasteiger partial charge is 0.439 e. The van der Waals surface area contributed by atoms with Crippen molar-refractivity contribution < 1.29 is 13.2 Å². The van der Waals surface area contributed by atoms with Crippen LogP contribution in [0.5, 0.6) is 0 Å². The molecule has 1 aromatic carbocycles. The fourth-order valence-electron chi connectivity index (χ4n) is 3.28. The van der Waals surface area contributed by atoms with E-state index >= 15 is 0 Å². The first-order chi connectivity index (χ1) is 12.5. The van der Waals surface area contributed by atoms with Crippen molar-refractivity contribution in [2.24, 2.45) is 5.73 Å². The number of aromatic nitrogens is 1. The summed E-state index contributed by atoms with van der Waals surface area (Å²) < 4.78 is 33.4. The van der Waals surface area contributed by atoms with E-state index in [4.69, 9.17) is 10.5 Å². The third-order valence-electron chi connectivity index (χ3n) is 4.52. The van der Waals surface area contributed by atoms with Crippen LogP contribution in [0.3, 0.4) is 0 Å². The molecule has 1 aromatic heterocycles. The molecule has 1 atom stereocenters. The molecule has 0 aliphatic carbocycles. The molecule has 3 heterocycles. The van der Waals surface area contributed by atoms with Gasteiger partial charge in [-0.15, -0.1) is 0 Å². The Morgan fingerprint density at radius 1 is 1.27 bits per heavy atom. The smallest absolute Gasteiger partial charge is 0.264 e. The lowest BCUT2D eigenvalue weighted by Gasteiger charge is -2.36. The first-order valence-corrected chi connectivity index (χ1v) is 9.21. The highest BCUT2D eigenvalue weighted by molar-refractivity contribution is 7.96. The summed E-state index contributed by atoms with van der Waals surface area (Å²) in [4.78, 5) is 4.06. The SMILES string of the molecule is CN1c2ccccc2C2=C([C@H](c3cccnc3)C(C#N)=C(N)O2)S1(=O)=O. The second-order valence-electron chi connectivity index (χ2n) is 5.89. The Hall–Kier alpha value is -3.31. The zero-order chi connectivity index (χ0) is 18.5. The van der Waals surface area contributed by atoms with Crippen molar-refractivity contribution in [3.8, 4) is 6.07 Å². The highest BCUT2D eigenvalue weighted by atomic mass is 32.2. The predicted octanol–water partition coefficient (Wildman–Crippen LogP) is 2.04. The van der Waals surface area contributed by atoms with Gasteiger partial charge in [0.25, 0.3) is 10.0 Å². The minimum atomic E-state index is -3.92. The van der Waals surface area contributed by atoms with Crippen LogP contribution in [0, 0.1) is 11.3 Å². The summed E-state index contributed by atoms with van der Waals surface area (Å²) in [6.07, 6.45) is 3.11. The van der Waals surface area contributed by atoms with E-state index in [1.54, 1.807) is 42.6 Å². The van der Waals surface area contributed by atoms with Gasteiger partial charge >= 0.3 is 0 Å². The van der Waals surface area contributed by atoms with Crippen molar-refractivity contribution >= 4 is 21.5 Å². The van der Waals surface area contributed by atoms with E-state index in [9.17, 15) is 13.7 Å². The summed E-state index contributed by atoms with van der Waals surface area (Å²) in [5.41, 5.74) is 7.68. The molecule has 0 saturated heterocycles. The molecule has 0 fully saturated rings. The second kappa shape index (κ2) is 5.61. The van der Waals surface area contributed by atoms with E-state index in [-0.39, 0.29) is 22.1 Å². The number of pyridine rings is 1. The maximum Gasteiger partial charge on any atom is 0.264 e. The minimum Gasteiger partial charge on any atom is -0.439 e. The molecule has 26 heavy (non-hydrogen) atoms. The molecule has 130 valence electrons. The summed E-state index contributed by atoms with van der Waals surface area (Å²) in [6, 6.07) is 12.4. The fourth-order valence-corrected chi connectivity index (χ4v) is 4.93. The standard InChI is InChI=1S/C18H14N4O3S/c1-22-14-7-3-2-6-12(14)16-17(26(22,23)24)15(11-5-4-8-21-10-11)13(9-19)18(20)25-16/h2-8,10,15H,20H2,1H3/t15-/m1/s1. The summed E-state index contributed by atoms with van der Waals surface area (Å²) >= 11 is 0. The van der Waals surface area contributed by atoms with E-state index in [2.05, 4.69) is 4.98 Å². The van der Waals surface area contributed by atoms with Crippen LogP contribution in [0.15, 0.2) is 65.2 Å². The van der Waals surface area contributed by atoms with Crippen molar-refractivity contribution in [1.82, 2.24) is 4.98 Å². The van der Waals surface area contributed by atoms with Crippen LogP contribution in [0.25, 0.3) is 5.76 Å². The minimum absolute atomic E-state index is 0.00236. The summed E-state index contributed by atoms with van der Waals surface area (Å²) in [5, 5.41) is 9.60. The Kier molecular flexibility index (Phi) is 3.49. The van der Waals surface area contributed by atoms with Gasteiger partial charge in [0, 0.05) is 25.0 Å². The van der Waals surface area contributed by atoms with Crippen molar-refractivity contribution in [3.63, 3.8) is 0 Å². The number of nitrogens with two attached hydrogens (primary N) is 1. The maximum atomic E-state index is 13.3. The van der Waals surface area contributed by atoms with E-state index in [0.29, 0.717) is 16.8 Å². The number of nitrogens with zero attached hydrogens (tertiary/aromatic N) is 3. The average Bonchev–Trinajstić information content (AvgIpc) is 2.66. The second-order valence-corrected chi connectivity index (χ2v) is 7.83. The Morgan fingerprint density at radius 2 is 2.04 bits per heavy atom. The lowest BCUT2D eigenvalue weighted by atomic mass is 9.89. The molecule has 8 heteroatoms. The molecule has 4 rings (SSSR count). The van der Waals surface area contributed by atoms with Gasteiger partial charge in [-0.2, -0.15) is 5.26 Å². The molecule has 2 N–H and O–H groups in total. The van der Waals surface area contributed by atoms with Gasteiger partial charge in [-0.3, -0.25) is 9.29 Å². The molecule has 2 aliphatic rings. The number of benzene rings is 1. The number of fused-ring (bicyclic) bond motifs is 2. The molecule has 2 aromatic rings.